The molecule has 21 heavy (non-hydrogen) atoms. The molecule has 0 spiro atoms. The molecule has 2 rings (SSSR count). The van der Waals surface area contributed by atoms with Crippen LogP contribution in [-0.4, -0.2) is 5.91 Å². The summed E-state index contributed by atoms with van der Waals surface area (Å²) in [5, 5.41) is 3.57. The number of rotatable bonds is 3. The number of halogens is 3. The number of benzene rings is 2. The zero-order valence-electron chi connectivity index (χ0n) is 11.6. The van der Waals surface area contributed by atoms with Gasteiger partial charge in [0.25, 0.3) is 5.91 Å². The molecule has 0 heterocycles. The van der Waals surface area contributed by atoms with Crippen molar-refractivity contribution in [1.82, 2.24) is 0 Å². The monoisotopic (exact) mass is 341 g/mol. The maximum absolute atomic E-state index is 12.4. The largest absolute Gasteiger partial charge is 0.322 e. The molecule has 2 aromatic carbocycles. The lowest BCUT2D eigenvalue weighted by Gasteiger charge is -2.15. The highest BCUT2D eigenvalue weighted by molar-refractivity contribution is 6.46. The Labute approximate surface area is 139 Å². The molecule has 0 aliphatic heterocycles. The molecule has 0 unspecified atom stereocenters. The zero-order valence-corrected chi connectivity index (χ0v) is 13.9. The minimum Gasteiger partial charge on any atom is -0.322 e. The van der Waals surface area contributed by atoms with Crippen LogP contribution in [0.3, 0.4) is 0 Å². The Morgan fingerprint density at radius 3 is 2.29 bits per heavy atom. The molecular weight excluding hydrogens is 329 g/mol. The Bertz CT molecular complexity index is 683. The van der Waals surface area contributed by atoms with Crippen LogP contribution in [0.1, 0.15) is 35.7 Å². The van der Waals surface area contributed by atoms with Crippen molar-refractivity contribution in [2.75, 3.05) is 5.32 Å². The molecular formula is C16H14Cl3NO. The molecule has 1 N–H and O–H groups in total. The Balaban J connectivity index is 2.38. The van der Waals surface area contributed by atoms with Gasteiger partial charge in [-0.15, -0.1) is 0 Å². The number of anilines is 1. The van der Waals surface area contributed by atoms with E-state index in [0.29, 0.717) is 5.02 Å². The third kappa shape index (κ3) is 3.52. The van der Waals surface area contributed by atoms with Crippen molar-refractivity contribution in [3.05, 3.63) is 62.6 Å². The molecule has 0 aliphatic carbocycles. The van der Waals surface area contributed by atoms with Crippen molar-refractivity contribution in [2.45, 2.75) is 19.8 Å². The first-order chi connectivity index (χ1) is 9.91. The molecule has 110 valence electrons. The Morgan fingerprint density at radius 2 is 1.62 bits per heavy atom. The van der Waals surface area contributed by atoms with Gasteiger partial charge in [-0.25, -0.2) is 0 Å². The van der Waals surface area contributed by atoms with Crippen molar-refractivity contribution in [3.8, 4) is 0 Å². The highest BCUT2D eigenvalue weighted by Gasteiger charge is 2.18. The molecule has 0 atom stereocenters. The molecule has 0 saturated heterocycles. The summed E-state index contributed by atoms with van der Waals surface area (Å²) in [6.07, 6.45) is 0. The fourth-order valence-electron chi connectivity index (χ4n) is 2.03. The van der Waals surface area contributed by atoms with E-state index < -0.39 is 0 Å². The summed E-state index contributed by atoms with van der Waals surface area (Å²) in [4.78, 5) is 12.4. The third-order valence-corrected chi connectivity index (χ3v) is 4.22. The third-order valence-electron chi connectivity index (χ3n) is 3.10. The number of nitrogens with one attached hydrogen (secondary N) is 1. The van der Waals surface area contributed by atoms with Crippen LogP contribution in [0.25, 0.3) is 0 Å². The molecule has 0 saturated carbocycles. The van der Waals surface area contributed by atoms with Crippen LogP contribution in [0.4, 0.5) is 5.69 Å². The van der Waals surface area contributed by atoms with Crippen LogP contribution in [0.15, 0.2) is 36.4 Å². The van der Waals surface area contributed by atoms with Crippen molar-refractivity contribution in [3.63, 3.8) is 0 Å². The molecule has 0 aliphatic rings. The highest BCUT2D eigenvalue weighted by Crippen LogP contribution is 2.32. The Hall–Kier alpha value is -1.22. The molecule has 2 nitrogen and oxygen atoms in total. The Morgan fingerprint density at radius 1 is 1.00 bits per heavy atom. The van der Waals surface area contributed by atoms with Crippen molar-refractivity contribution in [1.29, 1.82) is 0 Å². The predicted octanol–water partition coefficient (Wildman–Crippen LogP) is 6.02. The Kier molecular flexibility index (Phi) is 5.15. The van der Waals surface area contributed by atoms with Crippen LogP contribution in [-0.2, 0) is 0 Å². The van der Waals surface area contributed by atoms with E-state index in [0.717, 1.165) is 11.3 Å². The molecule has 0 aromatic heterocycles. The average Bonchev–Trinajstić information content (AvgIpc) is 2.43. The topological polar surface area (TPSA) is 29.1 Å². The van der Waals surface area contributed by atoms with Gasteiger partial charge < -0.3 is 5.32 Å². The van der Waals surface area contributed by atoms with Crippen molar-refractivity contribution < 1.29 is 4.79 Å². The van der Waals surface area contributed by atoms with Gasteiger partial charge in [0.1, 0.15) is 0 Å². The fourth-order valence-corrected chi connectivity index (χ4v) is 2.73. The molecule has 5 heteroatoms. The van der Waals surface area contributed by atoms with Gasteiger partial charge >= 0.3 is 0 Å². The molecule has 0 fully saturated rings. The van der Waals surface area contributed by atoms with Gasteiger partial charge in [-0.3, -0.25) is 4.79 Å². The maximum Gasteiger partial charge on any atom is 0.258 e. The molecule has 2 aromatic rings. The summed E-state index contributed by atoms with van der Waals surface area (Å²) in [5.41, 5.74) is 1.97. The predicted molar refractivity (Wildman–Crippen MR) is 90.0 cm³/mol. The second-order valence-corrected chi connectivity index (χ2v) is 6.11. The van der Waals surface area contributed by atoms with Gasteiger partial charge in [-0.05, 0) is 29.7 Å². The summed E-state index contributed by atoms with van der Waals surface area (Å²) >= 11 is 18.1. The maximum atomic E-state index is 12.4. The average molecular weight is 343 g/mol. The number of hydrogen-bond donors (Lipinski definition) is 1. The van der Waals surface area contributed by atoms with Crippen LogP contribution in [0.2, 0.25) is 15.1 Å². The second-order valence-electron chi connectivity index (χ2n) is 4.91. The van der Waals surface area contributed by atoms with Gasteiger partial charge in [0.05, 0.1) is 20.6 Å². The summed E-state index contributed by atoms with van der Waals surface area (Å²) in [6, 6.07) is 10.7. The summed E-state index contributed by atoms with van der Waals surface area (Å²) < 4.78 is 0. The number of hydrogen-bond acceptors (Lipinski definition) is 1. The lowest BCUT2D eigenvalue weighted by molar-refractivity contribution is 0.102. The summed E-state index contributed by atoms with van der Waals surface area (Å²) in [6.45, 7) is 4.12. The SMILES string of the molecule is CC(C)c1ccccc1NC(=O)c1c(Cl)ccc(Cl)c1Cl. The fraction of sp³-hybridized carbons (Fsp3) is 0.188. The number of carbonyl (C=O) groups excluding carboxylic acids is 1. The van der Waals surface area contributed by atoms with E-state index >= 15 is 0 Å². The number of para-hydroxylation sites is 1. The van der Waals surface area contributed by atoms with Crippen LogP contribution < -0.4 is 5.32 Å². The van der Waals surface area contributed by atoms with E-state index in [-0.39, 0.29) is 27.4 Å². The first kappa shape index (κ1) is 16.2. The van der Waals surface area contributed by atoms with Gasteiger partial charge in [0.2, 0.25) is 0 Å². The lowest BCUT2D eigenvalue weighted by atomic mass is 10.0. The quantitative estimate of drug-likeness (QED) is 0.679. The minimum atomic E-state index is -0.374. The van der Waals surface area contributed by atoms with Gasteiger partial charge in [-0.1, -0.05) is 66.8 Å². The second kappa shape index (κ2) is 6.69. The number of carbonyl (C=O) groups is 1. The standard InChI is InChI=1S/C16H14Cl3NO/c1-9(2)10-5-3-4-6-13(10)20-16(21)14-11(17)7-8-12(18)15(14)19/h3-9H,1-2H3,(H,20,21). The van der Waals surface area contributed by atoms with E-state index in [1.54, 1.807) is 12.1 Å². The summed E-state index contributed by atoms with van der Waals surface area (Å²) in [5.74, 6) is -0.0904. The van der Waals surface area contributed by atoms with Crippen molar-refractivity contribution >= 4 is 46.4 Å². The van der Waals surface area contributed by atoms with Gasteiger partial charge in [0.15, 0.2) is 0 Å². The van der Waals surface area contributed by atoms with Crippen molar-refractivity contribution in [2.24, 2.45) is 0 Å². The van der Waals surface area contributed by atoms with Crippen LogP contribution in [0.5, 0.6) is 0 Å². The van der Waals surface area contributed by atoms with Crippen LogP contribution >= 0.6 is 34.8 Å². The molecule has 1 amide bonds. The summed E-state index contributed by atoms with van der Waals surface area (Å²) in [7, 11) is 0. The smallest absolute Gasteiger partial charge is 0.258 e. The number of amides is 1. The highest BCUT2D eigenvalue weighted by atomic mass is 35.5. The minimum absolute atomic E-state index is 0.156. The molecule has 0 radical (unpaired) electrons. The normalized spacial score (nSPS) is 10.8. The zero-order chi connectivity index (χ0) is 15.6. The van der Waals surface area contributed by atoms with Crippen LogP contribution in [0, 0.1) is 0 Å². The van der Waals surface area contributed by atoms with Gasteiger partial charge in [0, 0.05) is 5.69 Å². The van der Waals surface area contributed by atoms with E-state index in [2.05, 4.69) is 19.2 Å². The van der Waals surface area contributed by atoms with E-state index in [1.165, 1.54) is 0 Å². The first-order valence-corrected chi connectivity index (χ1v) is 7.59. The van der Waals surface area contributed by atoms with Gasteiger partial charge in [-0.2, -0.15) is 0 Å². The molecule has 0 bridgehead atoms. The van der Waals surface area contributed by atoms with E-state index in [1.807, 2.05) is 24.3 Å². The lowest BCUT2D eigenvalue weighted by Crippen LogP contribution is -2.15. The van der Waals surface area contributed by atoms with E-state index in [4.69, 9.17) is 34.8 Å². The first-order valence-electron chi connectivity index (χ1n) is 6.45. The van der Waals surface area contributed by atoms with E-state index in [9.17, 15) is 4.79 Å².